The van der Waals surface area contributed by atoms with Crippen LogP contribution in [0.5, 0.6) is 0 Å². The second-order valence-corrected chi connectivity index (χ2v) is 7.08. The van der Waals surface area contributed by atoms with Gasteiger partial charge >= 0.3 is 0 Å². The van der Waals surface area contributed by atoms with Crippen LogP contribution in [0.15, 0.2) is 54.6 Å². The van der Waals surface area contributed by atoms with Gasteiger partial charge in [0.2, 0.25) is 0 Å². The highest BCUT2D eigenvalue weighted by Gasteiger charge is 2.10. The summed E-state index contributed by atoms with van der Waals surface area (Å²) in [5, 5.41) is 7.22. The molecule has 3 rings (SSSR count). The Morgan fingerprint density at radius 2 is 1.32 bits per heavy atom. The highest BCUT2D eigenvalue weighted by Crippen LogP contribution is 2.13. The predicted molar refractivity (Wildman–Crippen MR) is 108 cm³/mol. The first kappa shape index (κ1) is 17.9. The summed E-state index contributed by atoms with van der Waals surface area (Å²) < 4.78 is 0. The molecule has 0 unspecified atom stereocenters. The molecule has 0 aromatic heterocycles. The Labute approximate surface area is 156 Å². The van der Waals surface area contributed by atoms with Gasteiger partial charge in [-0.2, -0.15) is 0 Å². The van der Waals surface area contributed by atoms with Crippen LogP contribution in [0.4, 0.5) is 0 Å². The third-order valence-corrected chi connectivity index (χ3v) is 4.92. The highest BCUT2D eigenvalue weighted by atomic mass is 32.1. The summed E-state index contributed by atoms with van der Waals surface area (Å²) in [6.07, 6.45) is 4.07. The minimum absolute atomic E-state index is 0.696. The molecule has 1 aliphatic heterocycles. The first-order chi connectivity index (χ1) is 12.3. The summed E-state index contributed by atoms with van der Waals surface area (Å²) in [4.78, 5) is 2.55. The van der Waals surface area contributed by atoms with Crippen molar-refractivity contribution in [3.63, 3.8) is 0 Å². The van der Waals surface area contributed by atoms with Gasteiger partial charge in [-0.05, 0) is 54.8 Å². The molecule has 0 amide bonds. The van der Waals surface area contributed by atoms with E-state index in [1.165, 1.54) is 49.0 Å². The maximum absolute atomic E-state index is 5.36. The Morgan fingerprint density at radius 3 is 1.96 bits per heavy atom. The van der Waals surface area contributed by atoms with Crippen LogP contribution in [-0.4, -0.2) is 23.1 Å². The molecule has 2 aromatic carbocycles. The van der Waals surface area contributed by atoms with Gasteiger partial charge in [-0.25, -0.2) is 0 Å². The number of benzene rings is 2. The van der Waals surface area contributed by atoms with E-state index in [0.29, 0.717) is 5.11 Å². The molecule has 1 fully saturated rings. The molecule has 0 atom stereocenters. The van der Waals surface area contributed by atoms with E-state index in [0.717, 1.165) is 19.6 Å². The quantitative estimate of drug-likeness (QED) is 0.772. The van der Waals surface area contributed by atoms with Gasteiger partial charge < -0.3 is 10.6 Å². The van der Waals surface area contributed by atoms with Crippen LogP contribution in [0.2, 0.25) is 0 Å². The number of nitrogens with zero attached hydrogens (tertiary/aromatic N) is 1. The molecule has 0 aliphatic carbocycles. The molecule has 1 heterocycles. The average molecular weight is 354 g/mol. The summed E-state index contributed by atoms with van der Waals surface area (Å²) in [6, 6.07) is 19.2. The normalized spacial score (nSPS) is 14.9. The number of rotatable bonds is 6. The standard InChI is InChI=1S/C21H27N3S/c25-21(22-15-18-7-3-1-4-8-18)23-16-19-9-11-20(12-10-19)17-24-13-5-2-6-14-24/h1,3-4,7-12H,2,5-6,13-17H2,(H2,22,23,25). The van der Waals surface area contributed by atoms with Crippen LogP contribution >= 0.6 is 12.2 Å². The first-order valence-electron chi connectivity index (χ1n) is 9.15. The van der Waals surface area contributed by atoms with Crippen LogP contribution in [0, 0.1) is 0 Å². The van der Waals surface area contributed by atoms with Crippen molar-refractivity contribution in [1.82, 2.24) is 15.5 Å². The molecular formula is C21H27N3S. The molecule has 0 saturated carbocycles. The van der Waals surface area contributed by atoms with E-state index in [4.69, 9.17) is 12.2 Å². The van der Waals surface area contributed by atoms with Gasteiger partial charge in [-0.15, -0.1) is 0 Å². The molecule has 132 valence electrons. The van der Waals surface area contributed by atoms with E-state index >= 15 is 0 Å². The summed E-state index contributed by atoms with van der Waals surface area (Å²) in [7, 11) is 0. The molecule has 0 bridgehead atoms. The van der Waals surface area contributed by atoms with Gasteiger partial charge in [0.05, 0.1) is 0 Å². The minimum atomic E-state index is 0.696. The lowest BCUT2D eigenvalue weighted by atomic mass is 10.1. The summed E-state index contributed by atoms with van der Waals surface area (Å²) in [5.74, 6) is 0. The van der Waals surface area contributed by atoms with Crippen LogP contribution in [0.3, 0.4) is 0 Å². The Kier molecular flexibility index (Phi) is 6.83. The Hall–Kier alpha value is -1.91. The Balaban J connectivity index is 1.39. The number of hydrogen-bond acceptors (Lipinski definition) is 2. The maximum Gasteiger partial charge on any atom is 0.166 e. The molecule has 3 nitrogen and oxygen atoms in total. The van der Waals surface area contributed by atoms with E-state index in [1.807, 2.05) is 18.2 Å². The molecular weight excluding hydrogens is 326 g/mol. The molecule has 2 aromatic rings. The minimum Gasteiger partial charge on any atom is -0.359 e. The van der Waals surface area contributed by atoms with Crippen molar-refractivity contribution in [2.24, 2.45) is 0 Å². The lowest BCUT2D eigenvalue weighted by molar-refractivity contribution is 0.221. The first-order valence-corrected chi connectivity index (χ1v) is 9.56. The number of hydrogen-bond donors (Lipinski definition) is 2. The van der Waals surface area contributed by atoms with Crippen LogP contribution in [0.25, 0.3) is 0 Å². The zero-order valence-corrected chi connectivity index (χ0v) is 15.5. The molecule has 1 saturated heterocycles. The predicted octanol–water partition coefficient (Wildman–Crippen LogP) is 3.84. The number of nitrogens with one attached hydrogen (secondary N) is 2. The fourth-order valence-electron chi connectivity index (χ4n) is 3.16. The van der Waals surface area contributed by atoms with Crippen molar-refractivity contribution in [1.29, 1.82) is 0 Å². The zero-order valence-electron chi connectivity index (χ0n) is 14.7. The van der Waals surface area contributed by atoms with E-state index in [2.05, 4.69) is 51.9 Å². The fraction of sp³-hybridized carbons (Fsp3) is 0.381. The fourth-order valence-corrected chi connectivity index (χ4v) is 3.31. The highest BCUT2D eigenvalue weighted by molar-refractivity contribution is 7.80. The van der Waals surface area contributed by atoms with Crippen molar-refractivity contribution in [3.05, 3.63) is 71.3 Å². The van der Waals surface area contributed by atoms with Gasteiger partial charge in [0.25, 0.3) is 0 Å². The van der Waals surface area contributed by atoms with E-state index in [9.17, 15) is 0 Å². The van der Waals surface area contributed by atoms with E-state index in [1.54, 1.807) is 0 Å². The average Bonchev–Trinajstić information content (AvgIpc) is 2.67. The van der Waals surface area contributed by atoms with E-state index in [-0.39, 0.29) is 0 Å². The monoisotopic (exact) mass is 353 g/mol. The van der Waals surface area contributed by atoms with Crippen molar-refractivity contribution in [2.75, 3.05) is 13.1 Å². The van der Waals surface area contributed by atoms with Crippen molar-refractivity contribution >= 4 is 17.3 Å². The molecule has 0 spiro atoms. The smallest absolute Gasteiger partial charge is 0.166 e. The molecule has 2 N–H and O–H groups in total. The Morgan fingerprint density at radius 1 is 0.760 bits per heavy atom. The lowest BCUT2D eigenvalue weighted by Crippen LogP contribution is -2.34. The second-order valence-electron chi connectivity index (χ2n) is 6.68. The van der Waals surface area contributed by atoms with Gasteiger partial charge in [0.15, 0.2) is 5.11 Å². The van der Waals surface area contributed by atoms with Crippen molar-refractivity contribution < 1.29 is 0 Å². The van der Waals surface area contributed by atoms with E-state index < -0.39 is 0 Å². The summed E-state index contributed by atoms with van der Waals surface area (Å²) >= 11 is 5.36. The SMILES string of the molecule is S=C(NCc1ccccc1)NCc1ccc(CN2CCCCC2)cc1. The molecule has 0 radical (unpaired) electrons. The topological polar surface area (TPSA) is 27.3 Å². The summed E-state index contributed by atoms with van der Waals surface area (Å²) in [5.41, 5.74) is 3.88. The lowest BCUT2D eigenvalue weighted by Gasteiger charge is -2.26. The van der Waals surface area contributed by atoms with Gasteiger partial charge in [-0.3, -0.25) is 4.90 Å². The van der Waals surface area contributed by atoms with Crippen LogP contribution < -0.4 is 10.6 Å². The van der Waals surface area contributed by atoms with Crippen molar-refractivity contribution in [3.8, 4) is 0 Å². The Bertz CT molecular complexity index is 649. The van der Waals surface area contributed by atoms with Crippen LogP contribution in [0.1, 0.15) is 36.0 Å². The molecule has 4 heteroatoms. The third-order valence-electron chi connectivity index (χ3n) is 4.63. The largest absolute Gasteiger partial charge is 0.359 e. The molecule has 1 aliphatic rings. The van der Waals surface area contributed by atoms with Crippen LogP contribution in [-0.2, 0) is 19.6 Å². The molecule has 25 heavy (non-hydrogen) atoms. The van der Waals surface area contributed by atoms with Gasteiger partial charge in [0.1, 0.15) is 0 Å². The second kappa shape index (κ2) is 9.54. The number of piperidine rings is 1. The number of likely N-dealkylation sites (tertiary alicyclic amines) is 1. The third kappa shape index (κ3) is 6.15. The van der Waals surface area contributed by atoms with Gasteiger partial charge in [-0.1, -0.05) is 61.0 Å². The summed E-state index contributed by atoms with van der Waals surface area (Å²) in [6.45, 7) is 5.06. The van der Waals surface area contributed by atoms with Crippen molar-refractivity contribution in [2.45, 2.75) is 38.9 Å². The zero-order chi connectivity index (χ0) is 17.3. The number of thiocarbonyl (C=S) groups is 1. The van der Waals surface area contributed by atoms with Gasteiger partial charge in [0, 0.05) is 19.6 Å². The maximum atomic E-state index is 5.36.